The number of nitriles is 1. The zero-order chi connectivity index (χ0) is 15.5. The van der Waals surface area contributed by atoms with Crippen LogP contribution in [-0.4, -0.2) is 19.7 Å². The standard InChI is InChI=1S/C11H6F5NO3/c1-19-9(18)6-2-5(4-17)3-7(20-10(12)13)8(6)11(14,15)16/h2-3,10H,1H3. The molecule has 0 heterocycles. The van der Waals surface area contributed by atoms with Crippen molar-refractivity contribution in [1.29, 1.82) is 5.26 Å². The van der Waals surface area contributed by atoms with Gasteiger partial charge >= 0.3 is 18.8 Å². The Kier molecular flexibility index (Phi) is 4.49. The molecule has 0 bridgehead atoms. The molecular weight excluding hydrogens is 289 g/mol. The second-order valence-corrected chi connectivity index (χ2v) is 3.38. The minimum Gasteiger partial charge on any atom is -0.465 e. The Morgan fingerprint density at radius 1 is 1.35 bits per heavy atom. The minimum atomic E-state index is -5.14. The van der Waals surface area contributed by atoms with Crippen molar-refractivity contribution in [2.45, 2.75) is 12.8 Å². The van der Waals surface area contributed by atoms with Gasteiger partial charge in [0.1, 0.15) is 11.3 Å². The number of ether oxygens (including phenoxy) is 2. The van der Waals surface area contributed by atoms with Crippen molar-refractivity contribution < 1.29 is 36.2 Å². The van der Waals surface area contributed by atoms with E-state index in [0.717, 1.165) is 7.11 Å². The van der Waals surface area contributed by atoms with Crippen LogP contribution < -0.4 is 4.74 Å². The van der Waals surface area contributed by atoms with E-state index >= 15 is 0 Å². The Balaban J connectivity index is 3.63. The van der Waals surface area contributed by atoms with E-state index in [1.165, 1.54) is 6.07 Å². The molecule has 4 nitrogen and oxygen atoms in total. The summed E-state index contributed by atoms with van der Waals surface area (Å²) in [6.45, 7) is -3.55. The molecule has 0 saturated carbocycles. The zero-order valence-electron chi connectivity index (χ0n) is 9.79. The normalized spacial score (nSPS) is 11.1. The van der Waals surface area contributed by atoms with Gasteiger partial charge in [0.15, 0.2) is 0 Å². The lowest BCUT2D eigenvalue weighted by Gasteiger charge is -2.16. The fourth-order valence-electron chi connectivity index (χ4n) is 1.43. The van der Waals surface area contributed by atoms with Gasteiger partial charge in [-0.1, -0.05) is 0 Å². The van der Waals surface area contributed by atoms with Gasteiger partial charge in [0.25, 0.3) is 0 Å². The molecular formula is C11H6F5NO3. The third-order valence-electron chi connectivity index (χ3n) is 2.14. The molecule has 20 heavy (non-hydrogen) atoms. The van der Waals surface area contributed by atoms with Crippen LogP contribution in [0.25, 0.3) is 0 Å². The van der Waals surface area contributed by atoms with Crippen molar-refractivity contribution >= 4 is 5.97 Å². The number of alkyl halides is 5. The molecule has 0 N–H and O–H groups in total. The number of hydrogen-bond donors (Lipinski definition) is 0. The van der Waals surface area contributed by atoms with Gasteiger partial charge in [-0.05, 0) is 12.1 Å². The maximum absolute atomic E-state index is 12.9. The average Bonchev–Trinajstić information content (AvgIpc) is 2.34. The first-order valence-corrected chi connectivity index (χ1v) is 4.89. The lowest BCUT2D eigenvalue weighted by molar-refractivity contribution is -0.142. The molecule has 0 unspecified atom stereocenters. The van der Waals surface area contributed by atoms with Crippen LogP contribution in [0.15, 0.2) is 12.1 Å². The van der Waals surface area contributed by atoms with Gasteiger partial charge in [-0.3, -0.25) is 0 Å². The molecule has 0 aliphatic carbocycles. The van der Waals surface area contributed by atoms with Crippen molar-refractivity contribution in [2.24, 2.45) is 0 Å². The van der Waals surface area contributed by atoms with Crippen LogP contribution >= 0.6 is 0 Å². The predicted molar refractivity (Wildman–Crippen MR) is 54.1 cm³/mol. The summed E-state index contributed by atoms with van der Waals surface area (Å²) in [7, 11) is 0.815. The van der Waals surface area contributed by atoms with Crippen LogP contribution in [0, 0.1) is 11.3 Å². The first-order valence-electron chi connectivity index (χ1n) is 4.89. The van der Waals surface area contributed by atoms with Gasteiger partial charge in [-0.2, -0.15) is 27.2 Å². The largest absolute Gasteiger partial charge is 0.465 e. The number of esters is 1. The van der Waals surface area contributed by atoms with Crippen molar-refractivity contribution in [2.75, 3.05) is 7.11 Å². The Morgan fingerprint density at radius 3 is 2.35 bits per heavy atom. The molecule has 0 aromatic heterocycles. The van der Waals surface area contributed by atoms with Gasteiger partial charge in [0, 0.05) is 0 Å². The predicted octanol–water partition coefficient (Wildman–Crippen LogP) is 2.97. The van der Waals surface area contributed by atoms with E-state index in [1.54, 1.807) is 0 Å². The van der Waals surface area contributed by atoms with Crippen LogP contribution in [0.4, 0.5) is 22.0 Å². The van der Waals surface area contributed by atoms with Crippen molar-refractivity contribution in [1.82, 2.24) is 0 Å². The number of nitrogens with zero attached hydrogens (tertiary/aromatic N) is 1. The van der Waals surface area contributed by atoms with Crippen molar-refractivity contribution in [3.8, 4) is 11.8 Å². The molecule has 1 rings (SSSR count). The summed E-state index contributed by atoms with van der Waals surface area (Å²) in [5.41, 5.74) is -3.24. The molecule has 9 heteroatoms. The van der Waals surface area contributed by atoms with Gasteiger partial charge in [-0.15, -0.1) is 0 Å². The van der Waals surface area contributed by atoms with Crippen LogP contribution in [0.1, 0.15) is 21.5 Å². The second-order valence-electron chi connectivity index (χ2n) is 3.38. The Labute approximate surface area is 109 Å². The van der Waals surface area contributed by atoms with Gasteiger partial charge in [0.05, 0.1) is 24.3 Å². The van der Waals surface area contributed by atoms with Gasteiger partial charge in [0.2, 0.25) is 0 Å². The summed E-state index contributed by atoms with van der Waals surface area (Å²) in [5, 5.41) is 8.64. The first-order chi connectivity index (χ1) is 9.20. The zero-order valence-corrected chi connectivity index (χ0v) is 9.79. The van der Waals surface area contributed by atoms with E-state index in [9.17, 15) is 26.7 Å². The molecule has 0 amide bonds. The SMILES string of the molecule is COC(=O)c1cc(C#N)cc(OC(F)F)c1C(F)(F)F. The van der Waals surface area contributed by atoms with E-state index in [2.05, 4.69) is 9.47 Å². The molecule has 108 valence electrons. The lowest BCUT2D eigenvalue weighted by Crippen LogP contribution is -2.18. The summed E-state index contributed by atoms with van der Waals surface area (Å²) in [5.74, 6) is -2.74. The molecule has 1 aromatic rings. The maximum Gasteiger partial charge on any atom is 0.420 e. The summed E-state index contributed by atoms with van der Waals surface area (Å²) >= 11 is 0. The van der Waals surface area contributed by atoms with Gasteiger partial charge < -0.3 is 9.47 Å². The number of benzene rings is 1. The third-order valence-corrected chi connectivity index (χ3v) is 2.14. The first kappa shape index (κ1) is 15.7. The Bertz CT molecular complexity index is 562. The number of halogens is 5. The Hall–Kier alpha value is -2.37. The summed E-state index contributed by atoms with van der Waals surface area (Å²) < 4.78 is 70.8. The highest BCUT2D eigenvalue weighted by molar-refractivity contribution is 5.92. The third kappa shape index (κ3) is 3.34. The molecule has 0 atom stereocenters. The smallest absolute Gasteiger partial charge is 0.420 e. The fourth-order valence-corrected chi connectivity index (χ4v) is 1.43. The van der Waals surface area contributed by atoms with E-state index in [-0.39, 0.29) is 0 Å². The molecule has 1 aromatic carbocycles. The molecule has 0 aliphatic heterocycles. The highest BCUT2D eigenvalue weighted by atomic mass is 19.4. The van der Waals surface area contributed by atoms with Crippen LogP contribution in [0.2, 0.25) is 0 Å². The number of methoxy groups -OCH3 is 1. The number of carbonyl (C=O) groups is 1. The number of hydrogen-bond acceptors (Lipinski definition) is 4. The van der Waals surface area contributed by atoms with E-state index in [1.807, 2.05) is 0 Å². The minimum absolute atomic E-state index is 0.450. The molecule has 0 radical (unpaired) electrons. The van der Waals surface area contributed by atoms with Crippen molar-refractivity contribution in [3.63, 3.8) is 0 Å². The maximum atomic E-state index is 12.9. The number of carbonyl (C=O) groups excluding carboxylic acids is 1. The van der Waals surface area contributed by atoms with Crippen LogP contribution in [0.3, 0.4) is 0 Å². The summed E-state index contributed by atoms with van der Waals surface area (Å²) in [6.07, 6.45) is -5.14. The van der Waals surface area contributed by atoms with Crippen LogP contribution in [0.5, 0.6) is 5.75 Å². The monoisotopic (exact) mass is 295 g/mol. The molecule has 0 fully saturated rings. The topological polar surface area (TPSA) is 59.3 Å². The van der Waals surface area contributed by atoms with Crippen LogP contribution in [-0.2, 0) is 10.9 Å². The fraction of sp³-hybridized carbons (Fsp3) is 0.273. The lowest BCUT2D eigenvalue weighted by atomic mass is 10.0. The summed E-state index contributed by atoms with van der Waals surface area (Å²) in [4.78, 5) is 11.3. The van der Waals surface area contributed by atoms with E-state index in [0.29, 0.717) is 12.1 Å². The summed E-state index contributed by atoms with van der Waals surface area (Å²) in [6, 6.07) is 2.50. The van der Waals surface area contributed by atoms with E-state index < -0.39 is 41.2 Å². The highest BCUT2D eigenvalue weighted by Crippen LogP contribution is 2.40. The highest BCUT2D eigenvalue weighted by Gasteiger charge is 2.40. The average molecular weight is 295 g/mol. The number of rotatable bonds is 3. The molecule has 0 aliphatic rings. The molecule has 0 spiro atoms. The second kappa shape index (κ2) is 5.73. The quantitative estimate of drug-likeness (QED) is 0.635. The molecule has 0 saturated heterocycles. The van der Waals surface area contributed by atoms with Crippen molar-refractivity contribution in [3.05, 3.63) is 28.8 Å². The van der Waals surface area contributed by atoms with Gasteiger partial charge in [-0.25, -0.2) is 4.79 Å². The van der Waals surface area contributed by atoms with E-state index in [4.69, 9.17) is 5.26 Å². The Morgan fingerprint density at radius 2 is 1.95 bits per heavy atom.